The summed E-state index contributed by atoms with van der Waals surface area (Å²) >= 11 is 0. The van der Waals surface area contributed by atoms with Crippen LogP contribution >= 0.6 is 0 Å². The van der Waals surface area contributed by atoms with Crippen LogP contribution in [0.5, 0.6) is 0 Å². The van der Waals surface area contributed by atoms with Crippen molar-refractivity contribution in [2.24, 2.45) is 22.6 Å². The molecule has 0 aromatic carbocycles. The van der Waals surface area contributed by atoms with E-state index in [9.17, 15) is 4.79 Å². The van der Waals surface area contributed by atoms with Gasteiger partial charge in [0, 0.05) is 25.6 Å². The zero-order valence-electron chi connectivity index (χ0n) is 11.8. The SMILES string of the molecule is CC1CCN(C(N)=NCCNC(=O)C(C)C)CC1. The van der Waals surface area contributed by atoms with Crippen LogP contribution in [-0.2, 0) is 4.79 Å². The predicted octanol–water partition coefficient (Wildman–Crippen LogP) is 0.805. The molecule has 0 aromatic rings. The van der Waals surface area contributed by atoms with Crippen molar-refractivity contribution >= 4 is 11.9 Å². The fourth-order valence-corrected chi connectivity index (χ4v) is 1.89. The Labute approximate surface area is 110 Å². The highest BCUT2D eigenvalue weighted by Gasteiger charge is 2.16. The number of guanidine groups is 1. The summed E-state index contributed by atoms with van der Waals surface area (Å²) in [6.45, 7) is 9.12. The molecule has 0 spiro atoms. The molecule has 0 bridgehead atoms. The molecule has 1 saturated heterocycles. The minimum Gasteiger partial charge on any atom is -0.370 e. The molecule has 0 radical (unpaired) electrons. The molecule has 1 fully saturated rings. The lowest BCUT2D eigenvalue weighted by atomic mass is 10.00. The highest BCUT2D eigenvalue weighted by molar-refractivity contribution is 5.79. The Kier molecular flexibility index (Phi) is 5.95. The van der Waals surface area contributed by atoms with E-state index < -0.39 is 0 Å². The molecule has 0 atom stereocenters. The van der Waals surface area contributed by atoms with E-state index in [2.05, 4.69) is 22.1 Å². The molecule has 0 saturated carbocycles. The lowest BCUT2D eigenvalue weighted by Crippen LogP contribution is -2.43. The normalized spacial score (nSPS) is 18.2. The van der Waals surface area contributed by atoms with Crippen molar-refractivity contribution in [3.05, 3.63) is 0 Å². The van der Waals surface area contributed by atoms with Crippen LogP contribution in [0.3, 0.4) is 0 Å². The van der Waals surface area contributed by atoms with Gasteiger partial charge < -0.3 is 16.0 Å². The molecule has 1 rings (SSSR count). The molecule has 5 nitrogen and oxygen atoms in total. The Morgan fingerprint density at radius 1 is 1.44 bits per heavy atom. The topological polar surface area (TPSA) is 70.7 Å². The van der Waals surface area contributed by atoms with E-state index in [-0.39, 0.29) is 11.8 Å². The Bertz CT molecular complexity index is 293. The third-order valence-corrected chi connectivity index (χ3v) is 3.32. The Balaban J connectivity index is 2.23. The minimum atomic E-state index is 0.0231. The smallest absolute Gasteiger partial charge is 0.222 e. The minimum absolute atomic E-state index is 0.0231. The van der Waals surface area contributed by atoms with Crippen LogP contribution < -0.4 is 11.1 Å². The number of rotatable bonds is 4. The van der Waals surface area contributed by atoms with Crippen LogP contribution in [0.4, 0.5) is 0 Å². The first-order chi connectivity index (χ1) is 8.50. The molecule has 5 heteroatoms. The van der Waals surface area contributed by atoms with Crippen molar-refractivity contribution in [3.8, 4) is 0 Å². The molecule has 1 aliphatic rings. The van der Waals surface area contributed by atoms with Crippen molar-refractivity contribution in [2.75, 3.05) is 26.2 Å². The maximum Gasteiger partial charge on any atom is 0.222 e. The number of piperidine rings is 1. The summed E-state index contributed by atoms with van der Waals surface area (Å²) in [4.78, 5) is 17.8. The second kappa shape index (κ2) is 7.24. The molecule has 18 heavy (non-hydrogen) atoms. The fourth-order valence-electron chi connectivity index (χ4n) is 1.89. The van der Waals surface area contributed by atoms with Gasteiger partial charge in [0.1, 0.15) is 0 Å². The van der Waals surface area contributed by atoms with E-state index in [1.807, 2.05) is 13.8 Å². The van der Waals surface area contributed by atoms with Gasteiger partial charge in [0.25, 0.3) is 0 Å². The molecule has 0 aliphatic carbocycles. The number of nitrogens with zero attached hydrogens (tertiary/aromatic N) is 2. The maximum absolute atomic E-state index is 11.3. The summed E-state index contributed by atoms with van der Waals surface area (Å²) in [5.41, 5.74) is 5.93. The summed E-state index contributed by atoms with van der Waals surface area (Å²) in [5, 5.41) is 2.83. The Morgan fingerprint density at radius 2 is 2.06 bits per heavy atom. The maximum atomic E-state index is 11.3. The first-order valence-corrected chi connectivity index (χ1v) is 6.83. The summed E-state index contributed by atoms with van der Waals surface area (Å²) in [7, 11) is 0. The van der Waals surface area contributed by atoms with Crippen molar-refractivity contribution in [1.29, 1.82) is 0 Å². The highest BCUT2D eigenvalue weighted by Crippen LogP contribution is 2.15. The average molecular weight is 254 g/mol. The van der Waals surface area contributed by atoms with Crippen LogP contribution in [0.15, 0.2) is 4.99 Å². The van der Waals surface area contributed by atoms with Gasteiger partial charge in [-0.05, 0) is 18.8 Å². The van der Waals surface area contributed by atoms with Gasteiger partial charge >= 0.3 is 0 Å². The largest absolute Gasteiger partial charge is 0.370 e. The molecule has 1 aliphatic heterocycles. The van der Waals surface area contributed by atoms with E-state index in [0.717, 1.165) is 19.0 Å². The lowest BCUT2D eigenvalue weighted by molar-refractivity contribution is -0.123. The van der Waals surface area contributed by atoms with Gasteiger partial charge in [0.15, 0.2) is 5.96 Å². The number of carbonyl (C=O) groups is 1. The standard InChI is InChI=1S/C13H26N4O/c1-10(2)12(18)15-6-7-16-13(14)17-8-4-11(3)5-9-17/h10-11H,4-9H2,1-3H3,(H2,14,16)(H,15,18). The second-order valence-electron chi connectivity index (χ2n) is 5.36. The van der Waals surface area contributed by atoms with Gasteiger partial charge in [-0.25, -0.2) is 0 Å². The third-order valence-electron chi connectivity index (χ3n) is 3.32. The van der Waals surface area contributed by atoms with Gasteiger partial charge in [0.05, 0.1) is 6.54 Å². The van der Waals surface area contributed by atoms with Crippen LogP contribution in [0.1, 0.15) is 33.6 Å². The first-order valence-electron chi connectivity index (χ1n) is 6.83. The molecule has 1 amide bonds. The van der Waals surface area contributed by atoms with E-state index in [4.69, 9.17) is 5.73 Å². The van der Waals surface area contributed by atoms with Crippen molar-refractivity contribution in [1.82, 2.24) is 10.2 Å². The van der Waals surface area contributed by atoms with Gasteiger partial charge in [-0.15, -0.1) is 0 Å². The monoisotopic (exact) mass is 254 g/mol. The number of carbonyl (C=O) groups excluding carboxylic acids is 1. The molecule has 0 aromatic heterocycles. The highest BCUT2D eigenvalue weighted by atomic mass is 16.1. The number of aliphatic imine (C=N–C) groups is 1. The zero-order chi connectivity index (χ0) is 13.5. The molecule has 1 heterocycles. The Morgan fingerprint density at radius 3 is 2.61 bits per heavy atom. The fraction of sp³-hybridized carbons (Fsp3) is 0.846. The zero-order valence-corrected chi connectivity index (χ0v) is 11.8. The average Bonchev–Trinajstić information content (AvgIpc) is 2.34. The molecule has 0 unspecified atom stereocenters. The van der Waals surface area contributed by atoms with Crippen LogP contribution in [0, 0.1) is 11.8 Å². The Hall–Kier alpha value is -1.26. The summed E-state index contributed by atoms with van der Waals surface area (Å²) < 4.78 is 0. The third kappa shape index (κ3) is 4.94. The van der Waals surface area contributed by atoms with Crippen molar-refractivity contribution < 1.29 is 4.79 Å². The summed E-state index contributed by atoms with van der Waals surface area (Å²) in [6, 6.07) is 0. The van der Waals surface area contributed by atoms with Crippen LogP contribution in [0.2, 0.25) is 0 Å². The molecule has 3 N–H and O–H groups in total. The van der Waals surface area contributed by atoms with Gasteiger partial charge in [-0.3, -0.25) is 9.79 Å². The van der Waals surface area contributed by atoms with E-state index >= 15 is 0 Å². The second-order valence-corrected chi connectivity index (χ2v) is 5.36. The van der Waals surface area contributed by atoms with Gasteiger partial charge in [-0.2, -0.15) is 0 Å². The number of amides is 1. The molecular formula is C13H26N4O. The molecule has 104 valence electrons. The van der Waals surface area contributed by atoms with E-state index in [1.54, 1.807) is 0 Å². The van der Waals surface area contributed by atoms with Crippen LogP contribution in [0.25, 0.3) is 0 Å². The van der Waals surface area contributed by atoms with Crippen LogP contribution in [-0.4, -0.2) is 42.9 Å². The van der Waals surface area contributed by atoms with Gasteiger partial charge in [-0.1, -0.05) is 20.8 Å². The van der Waals surface area contributed by atoms with Gasteiger partial charge in [0.2, 0.25) is 5.91 Å². The number of hydrogen-bond donors (Lipinski definition) is 2. The number of hydrogen-bond acceptors (Lipinski definition) is 2. The van der Waals surface area contributed by atoms with Crippen molar-refractivity contribution in [2.45, 2.75) is 33.6 Å². The molecular weight excluding hydrogens is 228 g/mol. The van der Waals surface area contributed by atoms with E-state index in [0.29, 0.717) is 19.0 Å². The predicted molar refractivity (Wildman–Crippen MR) is 74.3 cm³/mol. The number of nitrogens with one attached hydrogen (secondary N) is 1. The number of nitrogens with two attached hydrogens (primary N) is 1. The lowest BCUT2D eigenvalue weighted by Gasteiger charge is -2.31. The van der Waals surface area contributed by atoms with E-state index in [1.165, 1.54) is 12.8 Å². The summed E-state index contributed by atoms with van der Waals surface area (Å²) in [6.07, 6.45) is 2.36. The van der Waals surface area contributed by atoms with Crippen molar-refractivity contribution in [3.63, 3.8) is 0 Å². The number of likely N-dealkylation sites (tertiary alicyclic amines) is 1. The summed E-state index contributed by atoms with van der Waals surface area (Å²) in [5.74, 6) is 1.49. The first kappa shape index (κ1) is 14.8. The quantitative estimate of drug-likeness (QED) is 0.443.